The van der Waals surface area contributed by atoms with Gasteiger partial charge in [0.1, 0.15) is 10.5 Å². The molecule has 6 nitrogen and oxygen atoms in total. The highest BCUT2D eigenvalue weighted by atomic mass is 79.9. The molecular formula is C11H16BrNO5S2. The van der Waals surface area contributed by atoms with Gasteiger partial charge >= 0.3 is 0 Å². The van der Waals surface area contributed by atoms with Gasteiger partial charge in [0.2, 0.25) is 10.0 Å². The summed E-state index contributed by atoms with van der Waals surface area (Å²) in [6, 6.07) is 1.46. The largest absolute Gasteiger partial charge is 0.391 e. The van der Waals surface area contributed by atoms with E-state index in [-0.39, 0.29) is 18.0 Å². The molecule has 1 aromatic heterocycles. The lowest BCUT2D eigenvalue weighted by atomic mass is 10.0. The van der Waals surface area contributed by atoms with Crippen LogP contribution in [0.15, 0.2) is 14.7 Å². The van der Waals surface area contributed by atoms with Gasteiger partial charge in [-0.15, -0.1) is 11.3 Å². The molecule has 1 aromatic rings. The van der Waals surface area contributed by atoms with Crippen LogP contribution in [0.2, 0.25) is 0 Å². The summed E-state index contributed by atoms with van der Waals surface area (Å²) < 4.78 is 38.2. The minimum Gasteiger partial charge on any atom is -0.391 e. The lowest BCUT2D eigenvalue weighted by Gasteiger charge is -2.25. The van der Waals surface area contributed by atoms with Crippen molar-refractivity contribution in [1.29, 1.82) is 0 Å². The zero-order valence-electron chi connectivity index (χ0n) is 10.9. The molecule has 1 aliphatic heterocycles. The zero-order chi connectivity index (χ0) is 14.8. The molecule has 2 rings (SSSR count). The maximum Gasteiger partial charge on any atom is 0.242 e. The second kappa shape index (κ2) is 6.39. The number of ether oxygens (including phenoxy) is 2. The van der Waals surface area contributed by atoms with Crippen molar-refractivity contribution in [2.75, 3.05) is 26.9 Å². The number of methoxy groups -OCH3 is 1. The van der Waals surface area contributed by atoms with Gasteiger partial charge in [0.05, 0.1) is 17.0 Å². The lowest BCUT2D eigenvalue weighted by molar-refractivity contribution is -0.0120. The standard InChI is InChI=1S/C11H16BrNO5S2/c1-17-11(2-3-18-7-11)6-13-20(15,16)9-4-8(5-14)19-10(9)12/h4,13-14H,2-3,5-7H2,1H3. The first kappa shape index (κ1) is 16.3. The van der Waals surface area contributed by atoms with Gasteiger partial charge in [-0.25, -0.2) is 13.1 Å². The molecule has 0 saturated carbocycles. The summed E-state index contributed by atoms with van der Waals surface area (Å²) in [4.78, 5) is 0.722. The summed E-state index contributed by atoms with van der Waals surface area (Å²) in [5.41, 5.74) is -0.602. The van der Waals surface area contributed by atoms with E-state index in [4.69, 9.17) is 14.6 Å². The summed E-state index contributed by atoms with van der Waals surface area (Å²) in [7, 11) is -2.10. The quantitative estimate of drug-likeness (QED) is 0.765. The van der Waals surface area contributed by atoms with Gasteiger partial charge in [-0.2, -0.15) is 0 Å². The molecule has 1 unspecified atom stereocenters. The van der Waals surface area contributed by atoms with Crippen molar-refractivity contribution >= 4 is 37.3 Å². The van der Waals surface area contributed by atoms with E-state index in [0.717, 1.165) is 0 Å². The number of aliphatic hydroxyl groups is 1. The molecule has 1 aliphatic rings. The molecule has 20 heavy (non-hydrogen) atoms. The minimum absolute atomic E-state index is 0.136. The molecule has 0 spiro atoms. The summed E-state index contributed by atoms with van der Waals surface area (Å²) in [6.45, 7) is 0.905. The molecule has 114 valence electrons. The molecule has 1 fully saturated rings. The smallest absolute Gasteiger partial charge is 0.242 e. The molecule has 2 heterocycles. The van der Waals surface area contributed by atoms with Crippen LogP contribution in [0.5, 0.6) is 0 Å². The predicted octanol–water partition coefficient (Wildman–Crippen LogP) is 1.09. The SMILES string of the molecule is COC1(CNS(=O)(=O)c2cc(CO)sc2Br)CCOC1. The topological polar surface area (TPSA) is 84.9 Å². The first-order valence-electron chi connectivity index (χ1n) is 5.94. The van der Waals surface area contributed by atoms with Crippen LogP contribution in [0.3, 0.4) is 0 Å². The molecule has 0 aliphatic carbocycles. The van der Waals surface area contributed by atoms with Gasteiger partial charge in [-0.1, -0.05) is 0 Å². The third kappa shape index (κ3) is 3.41. The predicted molar refractivity (Wildman–Crippen MR) is 78.3 cm³/mol. The van der Waals surface area contributed by atoms with E-state index >= 15 is 0 Å². The summed E-state index contributed by atoms with van der Waals surface area (Å²) in [5.74, 6) is 0. The highest BCUT2D eigenvalue weighted by Gasteiger charge is 2.36. The number of halogens is 1. The zero-order valence-corrected chi connectivity index (χ0v) is 14.1. The average molecular weight is 386 g/mol. The van der Waals surface area contributed by atoms with E-state index in [1.54, 1.807) is 7.11 Å². The van der Waals surface area contributed by atoms with Gasteiger partial charge in [-0.3, -0.25) is 0 Å². The van der Waals surface area contributed by atoms with Crippen molar-refractivity contribution in [2.24, 2.45) is 0 Å². The van der Waals surface area contributed by atoms with Gasteiger partial charge in [0.15, 0.2) is 0 Å². The van der Waals surface area contributed by atoms with Gasteiger partial charge in [0.25, 0.3) is 0 Å². The van der Waals surface area contributed by atoms with Crippen molar-refractivity contribution in [1.82, 2.24) is 4.72 Å². The number of hydrogen-bond donors (Lipinski definition) is 2. The Bertz CT molecular complexity index is 565. The number of hydrogen-bond acceptors (Lipinski definition) is 6. The summed E-state index contributed by atoms with van der Waals surface area (Å²) in [6.07, 6.45) is 0.652. The van der Waals surface area contributed by atoms with Crippen LogP contribution in [0.25, 0.3) is 0 Å². The average Bonchev–Trinajstić information content (AvgIpc) is 3.04. The van der Waals surface area contributed by atoms with E-state index in [2.05, 4.69) is 20.7 Å². The molecule has 0 bridgehead atoms. The maximum atomic E-state index is 12.3. The maximum absolute atomic E-state index is 12.3. The Morgan fingerprint density at radius 3 is 2.90 bits per heavy atom. The Hall–Kier alpha value is -0.0300. The highest BCUT2D eigenvalue weighted by molar-refractivity contribution is 9.11. The van der Waals surface area contributed by atoms with Crippen LogP contribution in [0, 0.1) is 0 Å². The molecule has 0 amide bonds. The van der Waals surface area contributed by atoms with Crippen molar-refractivity contribution in [2.45, 2.75) is 23.5 Å². The number of thiophene rings is 1. The van der Waals surface area contributed by atoms with Crippen molar-refractivity contribution < 1.29 is 23.0 Å². The third-order valence-corrected chi connectivity index (χ3v) is 6.87. The monoisotopic (exact) mass is 385 g/mol. The summed E-state index contributed by atoms with van der Waals surface area (Å²) in [5, 5.41) is 9.06. The Balaban J connectivity index is 2.12. The molecule has 0 radical (unpaired) electrons. The Kier molecular flexibility index (Phi) is 5.22. The molecular weight excluding hydrogens is 370 g/mol. The van der Waals surface area contributed by atoms with E-state index in [1.807, 2.05) is 0 Å². The van der Waals surface area contributed by atoms with Gasteiger partial charge in [0, 0.05) is 31.6 Å². The fourth-order valence-corrected chi connectivity index (χ4v) is 5.58. The van der Waals surface area contributed by atoms with Crippen molar-refractivity contribution in [3.8, 4) is 0 Å². The van der Waals surface area contributed by atoms with Crippen molar-refractivity contribution in [3.63, 3.8) is 0 Å². The number of nitrogens with one attached hydrogen (secondary N) is 1. The minimum atomic E-state index is -3.65. The van der Waals surface area contributed by atoms with Crippen LogP contribution in [0.4, 0.5) is 0 Å². The Morgan fingerprint density at radius 1 is 1.65 bits per heavy atom. The first-order valence-corrected chi connectivity index (χ1v) is 9.03. The van der Waals surface area contributed by atoms with E-state index in [0.29, 0.717) is 28.3 Å². The van der Waals surface area contributed by atoms with E-state index in [1.165, 1.54) is 17.4 Å². The molecule has 0 aromatic carbocycles. The molecule has 2 N–H and O–H groups in total. The van der Waals surface area contributed by atoms with Crippen LogP contribution >= 0.6 is 27.3 Å². The van der Waals surface area contributed by atoms with E-state index in [9.17, 15) is 8.42 Å². The highest BCUT2D eigenvalue weighted by Crippen LogP contribution is 2.32. The van der Waals surface area contributed by atoms with Crippen LogP contribution in [-0.4, -0.2) is 46.0 Å². The second-order valence-electron chi connectivity index (χ2n) is 4.52. The lowest BCUT2D eigenvalue weighted by Crippen LogP contribution is -2.44. The van der Waals surface area contributed by atoms with Crippen LogP contribution in [0.1, 0.15) is 11.3 Å². The molecule has 9 heteroatoms. The second-order valence-corrected chi connectivity index (χ2v) is 8.71. The van der Waals surface area contributed by atoms with E-state index < -0.39 is 15.6 Å². The third-order valence-electron chi connectivity index (χ3n) is 3.24. The van der Waals surface area contributed by atoms with Gasteiger partial charge in [-0.05, 0) is 22.0 Å². The first-order chi connectivity index (χ1) is 9.42. The summed E-state index contributed by atoms with van der Waals surface area (Å²) >= 11 is 4.41. The van der Waals surface area contributed by atoms with Crippen LogP contribution < -0.4 is 4.72 Å². The number of sulfonamides is 1. The molecule has 1 atom stereocenters. The van der Waals surface area contributed by atoms with Crippen molar-refractivity contribution in [3.05, 3.63) is 14.7 Å². The Morgan fingerprint density at radius 2 is 2.40 bits per heavy atom. The van der Waals surface area contributed by atoms with Crippen LogP contribution in [-0.2, 0) is 26.1 Å². The fraction of sp³-hybridized carbons (Fsp3) is 0.636. The number of aliphatic hydroxyl groups excluding tert-OH is 1. The molecule has 1 saturated heterocycles. The number of rotatable bonds is 6. The van der Waals surface area contributed by atoms with Gasteiger partial charge < -0.3 is 14.6 Å². The normalized spacial score (nSPS) is 23.4. The Labute approximate surface area is 130 Å². The fourth-order valence-electron chi connectivity index (χ4n) is 1.92.